The molecule has 3 saturated carbocycles. The van der Waals surface area contributed by atoms with Gasteiger partial charge in [-0.05, 0) is 55.6 Å². The molecule has 1 N–H and O–H groups in total. The van der Waals surface area contributed by atoms with Crippen molar-refractivity contribution in [1.82, 2.24) is 0 Å². The molecule has 0 unspecified atom stereocenters. The van der Waals surface area contributed by atoms with Crippen molar-refractivity contribution in [3.05, 3.63) is 23.8 Å². The number of carbonyl (C=O) groups excluding carboxylic acids is 2. The number of rotatable bonds is 2. The van der Waals surface area contributed by atoms with Crippen molar-refractivity contribution in [2.45, 2.75) is 63.1 Å². The van der Waals surface area contributed by atoms with E-state index in [4.69, 9.17) is 11.6 Å². The highest BCUT2D eigenvalue weighted by atomic mass is 35.5. The maximum atomic E-state index is 15.9. The van der Waals surface area contributed by atoms with Gasteiger partial charge < -0.3 is 5.11 Å². The van der Waals surface area contributed by atoms with Crippen LogP contribution in [0.1, 0.15) is 46.5 Å². The van der Waals surface area contributed by atoms with E-state index in [0.717, 1.165) is 5.57 Å². The molecule has 0 aromatic carbocycles. The molecule has 0 saturated heterocycles. The van der Waals surface area contributed by atoms with E-state index >= 15 is 4.39 Å². The molecule has 28 heavy (non-hydrogen) atoms. The minimum absolute atomic E-state index is 0.102. The lowest BCUT2D eigenvalue weighted by molar-refractivity contribution is -0.172. The number of hydrogen-bond donors (Lipinski definition) is 1. The normalized spacial score (nSPS) is 52.5. The van der Waals surface area contributed by atoms with E-state index in [1.54, 1.807) is 26.0 Å². The van der Waals surface area contributed by atoms with Gasteiger partial charge in [-0.25, -0.2) is 8.78 Å². The number of alkyl halides is 3. The number of ketones is 2. The second-order valence-electron chi connectivity index (χ2n) is 9.68. The van der Waals surface area contributed by atoms with Crippen LogP contribution in [0.2, 0.25) is 0 Å². The molecule has 6 heteroatoms. The number of halogens is 3. The predicted octanol–water partition coefficient (Wildman–Crippen LogP) is 4.12. The maximum Gasteiger partial charge on any atom is 0.196 e. The summed E-state index contributed by atoms with van der Waals surface area (Å²) < 4.78 is 29.3. The van der Waals surface area contributed by atoms with Gasteiger partial charge in [0.05, 0.1) is 4.87 Å². The predicted molar refractivity (Wildman–Crippen MR) is 102 cm³/mol. The quantitative estimate of drug-likeness (QED) is 0.694. The maximum absolute atomic E-state index is 15.9. The van der Waals surface area contributed by atoms with Gasteiger partial charge in [0.1, 0.15) is 11.8 Å². The van der Waals surface area contributed by atoms with Crippen LogP contribution >= 0.6 is 11.6 Å². The summed E-state index contributed by atoms with van der Waals surface area (Å²) >= 11 is 7.15. The number of aliphatic hydroxyl groups is 1. The standard InChI is InChI=1S/C22H27ClF2O3/c1-12-8-16-15-5-4-13-9-14(26)6-7-19(13,2)21(15,23)17(25)10-20(16,3)22(12,28)18(27)11-24/h6-7,9,12,15-17,28H,4-5,8,10-11H2,1-3H3/t12-,15+,16+,17-,19+,20+,21+,22+/m1/s1. The molecule has 4 rings (SSSR count). The van der Waals surface area contributed by atoms with Crippen molar-refractivity contribution in [2.24, 2.45) is 28.6 Å². The summed E-state index contributed by atoms with van der Waals surface area (Å²) in [6.07, 6.45) is 4.86. The lowest BCUT2D eigenvalue weighted by Crippen LogP contribution is -2.68. The molecular formula is C22H27ClF2O3. The highest BCUT2D eigenvalue weighted by molar-refractivity contribution is 6.26. The lowest BCUT2D eigenvalue weighted by atomic mass is 9.46. The summed E-state index contributed by atoms with van der Waals surface area (Å²) in [5.74, 6) is -1.92. The van der Waals surface area contributed by atoms with Crippen LogP contribution in [0.15, 0.2) is 23.8 Å². The van der Waals surface area contributed by atoms with Crippen molar-refractivity contribution >= 4 is 23.2 Å². The molecule has 0 bridgehead atoms. The number of hydrogen-bond acceptors (Lipinski definition) is 3. The molecule has 4 aliphatic carbocycles. The summed E-state index contributed by atoms with van der Waals surface area (Å²) in [6.45, 7) is 4.10. The Hall–Kier alpha value is -1.07. The fraction of sp³-hybridized carbons (Fsp3) is 0.727. The zero-order valence-corrected chi connectivity index (χ0v) is 17.2. The lowest BCUT2D eigenvalue weighted by Gasteiger charge is -2.63. The second kappa shape index (κ2) is 5.98. The molecular weight excluding hydrogens is 386 g/mol. The summed E-state index contributed by atoms with van der Waals surface area (Å²) in [4.78, 5) is 23.0. The monoisotopic (exact) mass is 412 g/mol. The number of Topliss-reactive ketones (excluding diaryl/α,β-unsaturated/α-hetero) is 1. The second-order valence-corrected chi connectivity index (χ2v) is 10.3. The van der Waals surface area contributed by atoms with E-state index in [1.807, 2.05) is 6.92 Å². The fourth-order valence-corrected chi connectivity index (χ4v) is 7.70. The Labute approximate surface area is 169 Å². The third-order valence-corrected chi connectivity index (χ3v) is 9.64. The molecule has 8 atom stereocenters. The molecule has 0 heterocycles. The Morgan fingerprint density at radius 3 is 2.68 bits per heavy atom. The highest BCUT2D eigenvalue weighted by Crippen LogP contribution is 2.71. The Morgan fingerprint density at radius 2 is 2.04 bits per heavy atom. The van der Waals surface area contributed by atoms with Gasteiger partial charge in [0.2, 0.25) is 0 Å². The Kier molecular flexibility index (Phi) is 4.31. The van der Waals surface area contributed by atoms with Crippen LogP contribution in [0.5, 0.6) is 0 Å². The molecule has 0 radical (unpaired) electrons. The molecule has 0 aliphatic heterocycles. The minimum atomic E-state index is -1.88. The van der Waals surface area contributed by atoms with Crippen molar-refractivity contribution in [3.8, 4) is 0 Å². The molecule has 3 fully saturated rings. The topological polar surface area (TPSA) is 54.4 Å². The first kappa shape index (κ1) is 20.2. The first-order chi connectivity index (χ1) is 13.0. The Morgan fingerprint density at radius 1 is 1.36 bits per heavy atom. The Balaban J connectivity index is 1.84. The van der Waals surface area contributed by atoms with Crippen LogP contribution in [-0.4, -0.2) is 40.0 Å². The van der Waals surface area contributed by atoms with Gasteiger partial charge >= 0.3 is 0 Å². The summed E-state index contributed by atoms with van der Waals surface area (Å²) in [6, 6.07) is 0. The average Bonchev–Trinajstić information content (AvgIpc) is 2.84. The smallest absolute Gasteiger partial charge is 0.196 e. The van der Waals surface area contributed by atoms with Gasteiger partial charge in [-0.2, -0.15) is 0 Å². The van der Waals surface area contributed by atoms with E-state index < -0.39 is 45.9 Å². The van der Waals surface area contributed by atoms with E-state index in [9.17, 15) is 19.1 Å². The van der Waals surface area contributed by atoms with E-state index in [0.29, 0.717) is 19.3 Å². The van der Waals surface area contributed by atoms with Gasteiger partial charge in [0.25, 0.3) is 0 Å². The van der Waals surface area contributed by atoms with E-state index in [2.05, 4.69) is 0 Å². The molecule has 3 nitrogen and oxygen atoms in total. The van der Waals surface area contributed by atoms with Crippen molar-refractivity contribution < 1.29 is 23.5 Å². The zero-order chi connectivity index (χ0) is 20.7. The fourth-order valence-electron chi connectivity index (χ4n) is 7.18. The van der Waals surface area contributed by atoms with Crippen LogP contribution in [0.3, 0.4) is 0 Å². The van der Waals surface area contributed by atoms with Gasteiger partial charge in [0, 0.05) is 10.8 Å². The summed E-state index contributed by atoms with van der Waals surface area (Å²) in [5.41, 5.74) is -2.91. The summed E-state index contributed by atoms with van der Waals surface area (Å²) in [5, 5.41) is 11.3. The van der Waals surface area contributed by atoms with Crippen LogP contribution in [-0.2, 0) is 9.59 Å². The van der Waals surface area contributed by atoms with Crippen molar-refractivity contribution in [2.75, 3.05) is 6.67 Å². The van der Waals surface area contributed by atoms with Gasteiger partial charge in [-0.15, -0.1) is 11.6 Å². The van der Waals surface area contributed by atoms with Crippen molar-refractivity contribution in [3.63, 3.8) is 0 Å². The van der Waals surface area contributed by atoms with E-state index in [1.165, 1.54) is 6.08 Å². The van der Waals surface area contributed by atoms with E-state index in [-0.39, 0.29) is 24.0 Å². The van der Waals surface area contributed by atoms with Crippen LogP contribution in [0.4, 0.5) is 8.78 Å². The van der Waals surface area contributed by atoms with Gasteiger partial charge in [-0.3, -0.25) is 9.59 Å². The first-order valence-electron chi connectivity index (χ1n) is 10.1. The van der Waals surface area contributed by atoms with Crippen LogP contribution in [0, 0.1) is 28.6 Å². The van der Waals surface area contributed by atoms with Crippen LogP contribution in [0.25, 0.3) is 0 Å². The zero-order valence-electron chi connectivity index (χ0n) is 16.5. The Bertz CT molecular complexity index is 810. The third-order valence-electron chi connectivity index (χ3n) is 8.73. The van der Waals surface area contributed by atoms with Gasteiger partial charge in [-0.1, -0.05) is 32.4 Å². The average molecular weight is 413 g/mol. The van der Waals surface area contributed by atoms with Crippen molar-refractivity contribution in [1.29, 1.82) is 0 Å². The largest absolute Gasteiger partial charge is 0.381 e. The first-order valence-corrected chi connectivity index (χ1v) is 10.4. The number of carbonyl (C=O) groups is 2. The third kappa shape index (κ3) is 2.08. The molecule has 0 amide bonds. The van der Waals surface area contributed by atoms with Crippen LogP contribution < -0.4 is 0 Å². The molecule has 0 aromatic rings. The molecule has 0 aromatic heterocycles. The number of allylic oxidation sites excluding steroid dienone is 4. The SMILES string of the molecule is C[C@@H]1C[C@H]2[C@@H]3CCC4=CC(=O)C=C[C@]4(C)[C@@]3(Cl)[C@H](F)C[C@]2(C)[C@@]1(O)C(=O)CF. The number of fused-ring (bicyclic) bond motifs is 5. The molecule has 0 spiro atoms. The highest BCUT2D eigenvalue weighted by Gasteiger charge is 2.75. The summed E-state index contributed by atoms with van der Waals surface area (Å²) in [7, 11) is 0. The molecule has 4 aliphatic rings. The molecule has 154 valence electrons. The minimum Gasteiger partial charge on any atom is -0.381 e. The van der Waals surface area contributed by atoms with Gasteiger partial charge in [0.15, 0.2) is 18.2 Å².